The number of imide groups is 1. The summed E-state index contributed by atoms with van der Waals surface area (Å²) in [6, 6.07) is 16.3. The predicted molar refractivity (Wildman–Crippen MR) is 142 cm³/mol. The number of hydrogen-bond acceptors (Lipinski definition) is 7. The van der Waals surface area contributed by atoms with Gasteiger partial charge in [0, 0.05) is 36.4 Å². The summed E-state index contributed by atoms with van der Waals surface area (Å²) in [5, 5.41) is 11.7. The van der Waals surface area contributed by atoms with Gasteiger partial charge in [-0.05, 0) is 35.9 Å². The van der Waals surface area contributed by atoms with Gasteiger partial charge in [0.05, 0.1) is 26.0 Å². The minimum absolute atomic E-state index is 0. The number of carbonyl (C=O) groups excluding carboxylic acids is 2. The monoisotopic (exact) mass is 569 g/mol. The number of amides is 2. The van der Waals surface area contributed by atoms with Crippen molar-refractivity contribution in [3.63, 3.8) is 0 Å². The number of nitro groups is 1. The lowest BCUT2D eigenvalue weighted by Crippen LogP contribution is -2.49. The number of hydrogen-bond donors (Lipinski definition) is 0. The molecule has 0 fully saturated rings. The Bertz CT molecular complexity index is 1820. The van der Waals surface area contributed by atoms with Crippen LogP contribution < -0.4 is 9.64 Å². The molecule has 4 aromatic rings. The highest BCUT2D eigenvalue weighted by molar-refractivity contribution is 7.90. The van der Waals surface area contributed by atoms with E-state index in [-0.39, 0.29) is 45.5 Å². The summed E-state index contributed by atoms with van der Waals surface area (Å²) < 4.78 is 34.8. The second-order valence-electron chi connectivity index (χ2n) is 9.16. The fourth-order valence-corrected chi connectivity index (χ4v) is 7.16. The Morgan fingerprint density at radius 3 is 2.44 bits per heavy atom. The molecule has 200 valence electrons. The smallest absolute Gasteiger partial charge is 0.271 e. The molecule has 11 nitrogen and oxygen atoms in total. The molecule has 39 heavy (non-hydrogen) atoms. The van der Waals surface area contributed by atoms with Crippen molar-refractivity contribution < 1.29 is 33.1 Å². The highest BCUT2D eigenvalue weighted by atomic mass is 35.5. The van der Waals surface area contributed by atoms with E-state index in [9.17, 15) is 28.1 Å². The minimum Gasteiger partial charge on any atom is -0.476 e. The van der Waals surface area contributed by atoms with Crippen LogP contribution in [0.2, 0.25) is 5.02 Å². The first-order valence-corrected chi connectivity index (χ1v) is 13.3. The molecule has 1 spiro atoms. The van der Waals surface area contributed by atoms with Gasteiger partial charge in [-0.2, -0.15) is 0 Å². The molecule has 3 aromatic carbocycles. The quantitative estimate of drug-likeness (QED) is 0.270. The third-order valence-electron chi connectivity index (χ3n) is 7.06. The first kappa shape index (κ1) is 26.4. The number of aromatic nitrogens is 1. The lowest BCUT2D eigenvalue weighted by molar-refractivity contribution is -0.384. The third kappa shape index (κ3) is 3.56. The molecule has 3 heterocycles. The number of benzene rings is 3. The zero-order chi connectivity index (χ0) is 27.0. The predicted octanol–water partition coefficient (Wildman–Crippen LogP) is 3.38. The molecule has 2 aliphatic heterocycles. The summed E-state index contributed by atoms with van der Waals surface area (Å²) in [6.45, 7) is 1.10. The number of nitrogens with zero attached hydrogens (tertiary/aromatic N) is 3. The maximum Gasteiger partial charge on any atom is 0.271 e. The van der Waals surface area contributed by atoms with Crippen molar-refractivity contribution in [3.8, 4) is 5.88 Å². The van der Waals surface area contributed by atoms with Crippen molar-refractivity contribution in [2.75, 3.05) is 11.5 Å². The van der Waals surface area contributed by atoms with Crippen molar-refractivity contribution in [2.45, 2.75) is 23.7 Å². The molecular weight excluding hydrogens is 550 g/mol. The standard InChI is InChI=1S/C26H18ClN3O7S.H2O/c1-15(31)28-21-7-3-2-5-19(21)26(25(28)32)13-18-23-20(27)6-4-8-22(23)29(24(18)37-14-26)38(35,36)17-11-9-16(10-12-17)30(33)34;/h2-12H,13-14H2,1H3;1H2/t26-;/m0./s1. The Labute approximate surface area is 226 Å². The van der Waals surface area contributed by atoms with Crippen LogP contribution in [0.5, 0.6) is 5.88 Å². The third-order valence-corrected chi connectivity index (χ3v) is 9.09. The van der Waals surface area contributed by atoms with Crippen LogP contribution in [-0.2, 0) is 31.4 Å². The molecule has 0 saturated carbocycles. The minimum atomic E-state index is -4.30. The number of non-ortho nitro benzene ring substituents is 1. The number of carbonyl (C=O) groups is 2. The van der Waals surface area contributed by atoms with Crippen LogP contribution in [0.1, 0.15) is 18.1 Å². The summed E-state index contributed by atoms with van der Waals surface area (Å²) >= 11 is 6.58. The molecule has 1 atom stereocenters. The highest BCUT2D eigenvalue weighted by Crippen LogP contribution is 2.51. The zero-order valence-electron chi connectivity index (χ0n) is 20.3. The topological polar surface area (TPSA) is 160 Å². The Balaban J connectivity index is 0.00000308. The maximum absolute atomic E-state index is 13.8. The summed E-state index contributed by atoms with van der Waals surface area (Å²) in [5.74, 6) is -0.891. The average Bonchev–Trinajstić information content (AvgIpc) is 3.35. The number of ether oxygens (including phenoxy) is 1. The van der Waals surface area contributed by atoms with E-state index in [1.54, 1.807) is 42.5 Å². The molecule has 2 amide bonds. The molecule has 0 unspecified atom stereocenters. The van der Waals surface area contributed by atoms with Crippen LogP contribution in [0, 0.1) is 10.1 Å². The highest BCUT2D eigenvalue weighted by Gasteiger charge is 2.56. The lowest BCUT2D eigenvalue weighted by Gasteiger charge is -2.33. The van der Waals surface area contributed by atoms with Crippen molar-refractivity contribution in [1.82, 2.24) is 3.97 Å². The molecule has 0 aliphatic carbocycles. The van der Waals surface area contributed by atoms with Gasteiger partial charge in [0.2, 0.25) is 17.7 Å². The van der Waals surface area contributed by atoms with E-state index >= 15 is 0 Å². The maximum atomic E-state index is 13.8. The number of halogens is 1. The van der Waals surface area contributed by atoms with Crippen LogP contribution in [0.3, 0.4) is 0 Å². The van der Waals surface area contributed by atoms with Crippen molar-refractivity contribution in [1.29, 1.82) is 0 Å². The van der Waals surface area contributed by atoms with Crippen molar-refractivity contribution in [2.24, 2.45) is 0 Å². The second-order valence-corrected chi connectivity index (χ2v) is 11.4. The number of fused-ring (bicyclic) bond motifs is 5. The number of anilines is 1. The van der Waals surface area contributed by atoms with Crippen LogP contribution in [0.4, 0.5) is 11.4 Å². The Hall–Kier alpha value is -4.26. The van der Waals surface area contributed by atoms with E-state index in [1.165, 1.54) is 6.92 Å². The molecule has 0 bridgehead atoms. The Kier molecular flexibility index (Phi) is 6.01. The van der Waals surface area contributed by atoms with Gasteiger partial charge >= 0.3 is 0 Å². The van der Waals surface area contributed by atoms with E-state index < -0.39 is 32.2 Å². The SMILES string of the molecule is CC(=O)N1C(=O)[C@@]2(COc3c(c4c(Cl)cccc4n3S(=O)(=O)c3ccc([N+](=O)[O-])cc3)C2)c2ccccc21.O. The van der Waals surface area contributed by atoms with Gasteiger partial charge in [-0.25, -0.2) is 17.3 Å². The average molecular weight is 570 g/mol. The van der Waals surface area contributed by atoms with E-state index in [4.69, 9.17) is 16.3 Å². The van der Waals surface area contributed by atoms with Crippen LogP contribution in [0.25, 0.3) is 10.9 Å². The van der Waals surface area contributed by atoms with E-state index in [0.29, 0.717) is 22.2 Å². The molecular formula is C26H20ClN3O8S. The van der Waals surface area contributed by atoms with Gasteiger partial charge in [-0.1, -0.05) is 35.9 Å². The normalized spacial score (nSPS) is 17.9. The van der Waals surface area contributed by atoms with Crippen LogP contribution >= 0.6 is 11.6 Å². The second kappa shape index (κ2) is 8.90. The number of para-hydroxylation sites is 1. The van der Waals surface area contributed by atoms with Crippen molar-refractivity contribution >= 4 is 55.7 Å². The van der Waals surface area contributed by atoms with Crippen LogP contribution in [-0.4, -0.2) is 41.2 Å². The van der Waals surface area contributed by atoms with Gasteiger partial charge in [0.1, 0.15) is 12.0 Å². The zero-order valence-corrected chi connectivity index (χ0v) is 21.8. The summed E-state index contributed by atoms with van der Waals surface area (Å²) in [5.41, 5.74) is 0.210. The number of nitro benzene ring substituents is 1. The van der Waals surface area contributed by atoms with Crippen LogP contribution in [0.15, 0.2) is 71.6 Å². The van der Waals surface area contributed by atoms with E-state index in [0.717, 1.165) is 33.1 Å². The first-order valence-electron chi connectivity index (χ1n) is 11.5. The molecule has 6 rings (SSSR count). The van der Waals surface area contributed by atoms with Crippen molar-refractivity contribution in [3.05, 3.63) is 93.0 Å². The lowest BCUT2D eigenvalue weighted by atomic mass is 9.76. The summed E-state index contributed by atoms with van der Waals surface area (Å²) in [7, 11) is -4.30. The van der Waals surface area contributed by atoms with Gasteiger partial charge < -0.3 is 10.2 Å². The fourth-order valence-electron chi connectivity index (χ4n) is 5.39. The number of rotatable bonds is 3. The summed E-state index contributed by atoms with van der Waals surface area (Å²) in [4.78, 5) is 37.6. The Morgan fingerprint density at radius 1 is 1.08 bits per heavy atom. The van der Waals surface area contributed by atoms with Gasteiger partial charge in [0.25, 0.3) is 15.7 Å². The van der Waals surface area contributed by atoms with E-state index in [1.807, 2.05) is 0 Å². The first-order chi connectivity index (χ1) is 18.1. The summed E-state index contributed by atoms with van der Waals surface area (Å²) in [6.07, 6.45) is 0.0466. The molecule has 0 radical (unpaired) electrons. The Morgan fingerprint density at radius 2 is 1.77 bits per heavy atom. The van der Waals surface area contributed by atoms with E-state index in [2.05, 4.69) is 0 Å². The molecule has 2 N–H and O–H groups in total. The molecule has 0 saturated heterocycles. The van der Waals surface area contributed by atoms with Gasteiger partial charge in [-0.15, -0.1) is 0 Å². The molecule has 2 aliphatic rings. The molecule has 1 aromatic heterocycles. The van der Waals surface area contributed by atoms with Gasteiger partial charge in [0.15, 0.2) is 0 Å². The van der Waals surface area contributed by atoms with Gasteiger partial charge in [-0.3, -0.25) is 19.7 Å². The largest absolute Gasteiger partial charge is 0.476 e. The molecule has 13 heteroatoms. The fraction of sp³-hybridized carbons (Fsp3) is 0.154.